The quantitative estimate of drug-likeness (QED) is 0.181. The Morgan fingerprint density at radius 1 is 0.640 bits per heavy atom. The van der Waals surface area contributed by atoms with Crippen molar-refractivity contribution in [2.45, 2.75) is 80.1 Å². The Morgan fingerprint density at radius 2 is 1.04 bits per heavy atom. The number of rotatable bonds is 2. The molecule has 0 heterocycles. The van der Waals surface area contributed by atoms with Crippen molar-refractivity contribution in [3.63, 3.8) is 0 Å². The van der Waals surface area contributed by atoms with Crippen molar-refractivity contribution in [2.75, 3.05) is 0 Å². The maximum absolute atomic E-state index is 3.15. The summed E-state index contributed by atoms with van der Waals surface area (Å²) in [6.07, 6.45) is 12.2. The monoisotopic (exact) mass is 772 g/mol. The number of fused-ring (bicyclic) bond motifs is 5. The van der Waals surface area contributed by atoms with E-state index in [4.69, 9.17) is 0 Å². The number of hydrogen-bond donors (Lipinski definition) is 0. The first-order chi connectivity index (χ1) is 22.6. The fraction of sp³-hybridized carbons (Fsp3) is 0.277. The standard InChI is InChI=1S/C25H25.C15H14.C7H9.2ClH.Zr/c1-14-12-24(3,4)22-8-16-7-17-9-23-19(15(2)13-25(23,5)6)11-21(17)20(16)10-18(14)22;1-12-3-7-14(8-4-12)11-15-9-5-13(2)6-10-15;1-6-3-4-7(2)5-6;;;/h7-13H,1-6H3;3-10H,1-2H3;3,5,7H,1-2H3;2*1H;/q-1;;-1;;;+2/p-2. The molecule has 0 radical (unpaired) electrons. The van der Waals surface area contributed by atoms with Crippen LogP contribution in [0.2, 0.25) is 0 Å². The Balaban J connectivity index is 0.000000193. The SMILES string of the molecule is CC1=CC(C)(C)c2cc3[cH-]c4cc5c(cc4c3cc21)C(C)=CC5(C)C.CC1=CC(C)[C-]=C1.Cc1ccc([C](=[Zr+2])c2ccc(C)cc2)cc1.[Cl-].[Cl-]. The minimum atomic E-state index is 0. The van der Waals surface area contributed by atoms with E-state index in [2.05, 4.69) is 172 Å². The first kappa shape index (κ1) is 39.8. The van der Waals surface area contributed by atoms with Crippen LogP contribution in [0.3, 0.4) is 0 Å². The minimum Gasteiger partial charge on any atom is -1.00 e. The summed E-state index contributed by atoms with van der Waals surface area (Å²) in [5.74, 6) is 0.556. The molecule has 0 saturated heterocycles. The molecular formula is C47H48Cl2Zr-2. The smallest absolute Gasteiger partial charge is 1.00 e. The molecule has 50 heavy (non-hydrogen) atoms. The average molecular weight is 775 g/mol. The van der Waals surface area contributed by atoms with Gasteiger partial charge in [-0.05, 0) is 36.1 Å². The zero-order valence-electron chi connectivity index (χ0n) is 31.1. The molecule has 1 unspecified atom stereocenters. The van der Waals surface area contributed by atoms with Crippen LogP contribution in [0.15, 0.2) is 109 Å². The molecule has 8 rings (SSSR count). The van der Waals surface area contributed by atoms with Crippen LogP contribution in [0.4, 0.5) is 0 Å². The van der Waals surface area contributed by atoms with Gasteiger partial charge in [-0.3, -0.25) is 6.08 Å². The second kappa shape index (κ2) is 15.3. The van der Waals surface area contributed by atoms with E-state index in [0.29, 0.717) is 5.92 Å². The van der Waals surface area contributed by atoms with Crippen LogP contribution in [-0.2, 0) is 35.1 Å². The molecule has 3 heteroatoms. The number of allylic oxidation sites excluding steroid dienone is 8. The van der Waals surface area contributed by atoms with Crippen molar-refractivity contribution in [3.8, 4) is 0 Å². The molecule has 0 saturated carbocycles. The topological polar surface area (TPSA) is 0 Å². The van der Waals surface area contributed by atoms with E-state index in [9.17, 15) is 0 Å². The number of aryl methyl sites for hydroxylation is 2. The van der Waals surface area contributed by atoms with Crippen LogP contribution in [0.5, 0.6) is 0 Å². The van der Waals surface area contributed by atoms with E-state index in [1.165, 1.54) is 110 Å². The molecule has 0 N–H and O–H groups in total. The first-order valence-corrected chi connectivity index (χ1v) is 18.5. The van der Waals surface area contributed by atoms with Crippen molar-refractivity contribution in [3.05, 3.63) is 159 Å². The molecule has 0 aromatic heterocycles. The van der Waals surface area contributed by atoms with Crippen LogP contribution in [0.25, 0.3) is 32.7 Å². The largest absolute Gasteiger partial charge is 1.00 e. The predicted octanol–water partition coefficient (Wildman–Crippen LogP) is 6.47. The van der Waals surface area contributed by atoms with E-state index in [0.717, 1.165) is 0 Å². The van der Waals surface area contributed by atoms with Gasteiger partial charge in [0.25, 0.3) is 0 Å². The summed E-state index contributed by atoms with van der Waals surface area (Å²) in [6, 6.07) is 29.6. The summed E-state index contributed by atoms with van der Waals surface area (Å²) in [5, 5.41) is 5.57. The third kappa shape index (κ3) is 8.07. The minimum absolute atomic E-state index is 0. The summed E-state index contributed by atoms with van der Waals surface area (Å²) in [5.41, 5.74) is 15.6. The molecule has 0 aliphatic heterocycles. The summed E-state index contributed by atoms with van der Waals surface area (Å²) >= 11 is 1.46. The van der Waals surface area contributed by atoms with Gasteiger partial charge in [-0.1, -0.05) is 75.9 Å². The van der Waals surface area contributed by atoms with Crippen molar-refractivity contribution in [2.24, 2.45) is 5.92 Å². The fourth-order valence-corrected chi connectivity index (χ4v) is 8.40. The summed E-state index contributed by atoms with van der Waals surface area (Å²) in [6.45, 7) is 22.3. The maximum Gasteiger partial charge on any atom is -1.00 e. The fourth-order valence-electron chi connectivity index (χ4n) is 7.58. The Labute approximate surface area is 328 Å². The molecule has 0 amide bonds. The van der Waals surface area contributed by atoms with Gasteiger partial charge in [-0.15, -0.1) is 46.7 Å². The van der Waals surface area contributed by atoms with E-state index >= 15 is 0 Å². The van der Waals surface area contributed by atoms with Crippen molar-refractivity contribution in [1.82, 2.24) is 0 Å². The van der Waals surface area contributed by atoms with E-state index in [-0.39, 0.29) is 35.6 Å². The second-order valence-electron chi connectivity index (χ2n) is 15.3. The molecule has 5 aromatic carbocycles. The summed E-state index contributed by atoms with van der Waals surface area (Å²) < 4.78 is 1.42. The van der Waals surface area contributed by atoms with Crippen LogP contribution in [-0.4, -0.2) is 3.21 Å². The normalized spacial score (nSPS) is 17.2. The molecule has 5 aromatic rings. The Hall–Kier alpha value is -2.96. The zero-order valence-corrected chi connectivity index (χ0v) is 35.1. The van der Waals surface area contributed by atoms with Crippen molar-refractivity contribution < 1.29 is 49.0 Å². The molecule has 0 nitrogen and oxygen atoms in total. The van der Waals surface area contributed by atoms with Crippen LogP contribution < -0.4 is 24.8 Å². The molecule has 3 aliphatic carbocycles. The molecule has 0 fully saturated rings. The molecule has 256 valence electrons. The van der Waals surface area contributed by atoms with Gasteiger partial charge in [-0.25, -0.2) is 11.6 Å². The number of halogens is 2. The molecular weight excluding hydrogens is 727 g/mol. The molecule has 0 bridgehead atoms. The number of hydrogen-bond acceptors (Lipinski definition) is 0. The Bertz CT molecular complexity index is 2040. The van der Waals surface area contributed by atoms with E-state index in [1.807, 2.05) is 6.08 Å². The van der Waals surface area contributed by atoms with Crippen molar-refractivity contribution in [1.29, 1.82) is 0 Å². The average Bonchev–Trinajstić information content (AvgIpc) is 3.72. The predicted molar refractivity (Wildman–Crippen MR) is 207 cm³/mol. The summed E-state index contributed by atoms with van der Waals surface area (Å²) in [4.78, 5) is 0. The van der Waals surface area contributed by atoms with E-state index in [1.54, 1.807) is 0 Å². The zero-order chi connectivity index (χ0) is 34.5. The number of benzene rings is 4. The Kier molecular flexibility index (Phi) is 12.2. The van der Waals surface area contributed by atoms with Gasteiger partial charge in [-0.2, -0.15) is 6.08 Å². The van der Waals surface area contributed by atoms with Gasteiger partial charge in [0.15, 0.2) is 0 Å². The van der Waals surface area contributed by atoms with Gasteiger partial charge < -0.3 is 24.8 Å². The van der Waals surface area contributed by atoms with Gasteiger partial charge in [0.2, 0.25) is 0 Å². The third-order valence-corrected chi connectivity index (χ3v) is 11.6. The van der Waals surface area contributed by atoms with Crippen LogP contribution >= 0.6 is 0 Å². The van der Waals surface area contributed by atoms with Crippen molar-refractivity contribution >= 4 is 35.9 Å². The molecule has 0 spiro atoms. The van der Waals surface area contributed by atoms with Crippen LogP contribution in [0, 0.1) is 25.8 Å². The van der Waals surface area contributed by atoms with Crippen LogP contribution in [0.1, 0.15) is 99.9 Å². The molecule has 3 aliphatic rings. The van der Waals surface area contributed by atoms with Gasteiger partial charge >= 0.3 is 112 Å². The van der Waals surface area contributed by atoms with Gasteiger partial charge in [0, 0.05) is 10.8 Å². The van der Waals surface area contributed by atoms with Gasteiger partial charge in [0.1, 0.15) is 0 Å². The molecule has 1 atom stereocenters. The second-order valence-corrected chi connectivity index (χ2v) is 16.6. The first-order valence-electron chi connectivity index (χ1n) is 17.2. The summed E-state index contributed by atoms with van der Waals surface area (Å²) in [7, 11) is 0. The maximum atomic E-state index is 3.15. The Morgan fingerprint density at radius 3 is 1.36 bits per heavy atom. The van der Waals surface area contributed by atoms with Gasteiger partial charge in [0.05, 0.1) is 0 Å². The van der Waals surface area contributed by atoms with E-state index < -0.39 is 0 Å². The third-order valence-electron chi connectivity index (χ3n) is 10.1.